The molecule has 7 nitrogen and oxygen atoms in total. The van der Waals surface area contributed by atoms with Crippen molar-refractivity contribution < 1.29 is 24.2 Å². The van der Waals surface area contributed by atoms with E-state index in [0.29, 0.717) is 28.3 Å². The lowest BCUT2D eigenvalue weighted by Gasteiger charge is -2.26. The average molecular weight is 444 g/mol. The van der Waals surface area contributed by atoms with Crippen LogP contribution in [0, 0.1) is 0 Å². The molecule has 1 aliphatic rings. The molecule has 1 fully saturated rings. The Balaban J connectivity index is 1.92. The summed E-state index contributed by atoms with van der Waals surface area (Å²) in [5.74, 6) is -0.854. The number of Topliss-reactive ketones (excluding diaryl/α,β-unsaturated/α-hetero) is 1. The number of para-hydroxylation sites is 2. The van der Waals surface area contributed by atoms with Gasteiger partial charge in [-0.05, 0) is 49.7 Å². The Labute approximate surface area is 191 Å². The SMILES string of the molecule is COc1ccccc1N1C(=O)C(=O)/C(=C(\O)c2cccc(OC(C)C)c2)C1c1cccnc1. The van der Waals surface area contributed by atoms with E-state index >= 15 is 0 Å². The Bertz CT molecular complexity index is 1220. The quantitative estimate of drug-likeness (QED) is 0.342. The first-order valence-corrected chi connectivity index (χ1v) is 10.5. The smallest absolute Gasteiger partial charge is 0.300 e. The van der Waals surface area contributed by atoms with E-state index in [4.69, 9.17) is 9.47 Å². The van der Waals surface area contributed by atoms with Gasteiger partial charge in [-0.25, -0.2) is 0 Å². The molecule has 1 amide bonds. The molecule has 1 aliphatic heterocycles. The lowest BCUT2D eigenvalue weighted by molar-refractivity contribution is -0.132. The van der Waals surface area contributed by atoms with Crippen LogP contribution < -0.4 is 14.4 Å². The first-order valence-electron chi connectivity index (χ1n) is 10.5. The van der Waals surface area contributed by atoms with Gasteiger partial charge in [-0.2, -0.15) is 0 Å². The molecule has 168 valence electrons. The van der Waals surface area contributed by atoms with Crippen LogP contribution in [-0.4, -0.2) is 35.0 Å². The van der Waals surface area contributed by atoms with Gasteiger partial charge in [0, 0.05) is 18.0 Å². The number of aliphatic hydroxyl groups is 1. The predicted molar refractivity (Wildman–Crippen MR) is 124 cm³/mol. The summed E-state index contributed by atoms with van der Waals surface area (Å²) in [7, 11) is 1.49. The van der Waals surface area contributed by atoms with Gasteiger partial charge in [-0.15, -0.1) is 0 Å². The standard InChI is InChI=1S/C26H24N2O5/c1-16(2)33-19-10-6-8-17(14-19)24(29)22-23(18-9-7-13-27-15-18)28(26(31)25(22)30)20-11-4-5-12-21(20)32-3/h4-16,23,29H,1-3H3/b24-22-. The van der Waals surface area contributed by atoms with Crippen LogP contribution in [0.15, 0.2) is 78.6 Å². The minimum Gasteiger partial charge on any atom is -0.507 e. The van der Waals surface area contributed by atoms with Crippen molar-refractivity contribution in [1.29, 1.82) is 0 Å². The number of carbonyl (C=O) groups excluding carboxylic acids is 2. The molecule has 1 N–H and O–H groups in total. The summed E-state index contributed by atoms with van der Waals surface area (Å²) in [4.78, 5) is 32.0. The zero-order valence-corrected chi connectivity index (χ0v) is 18.6. The summed E-state index contributed by atoms with van der Waals surface area (Å²) in [6.07, 6.45) is 3.12. The Kier molecular flexibility index (Phi) is 6.13. The number of carbonyl (C=O) groups is 2. The molecule has 0 saturated carbocycles. The van der Waals surface area contributed by atoms with Crippen molar-refractivity contribution in [2.75, 3.05) is 12.0 Å². The molecule has 1 saturated heterocycles. The van der Waals surface area contributed by atoms with Crippen LogP contribution >= 0.6 is 0 Å². The maximum Gasteiger partial charge on any atom is 0.300 e. The second-order valence-corrected chi connectivity index (χ2v) is 7.82. The number of ether oxygens (including phenoxy) is 2. The lowest BCUT2D eigenvalue weighted by Crippen LogP contribution is -2.29. The van der Waals surface area contributed by atoms with E-state index in [1.54, 1.807) is 73.1 Å². The highest BCUT2D eigenvalue weighted by molar-refractivity contribution is 6.51. The van der Waals surface area contributed by atoms with Crippen molar-refractivity contribution in [2.24, 2.45) is 0 Å². The summed E-state index contributed by atoms with van der Waals surface area (Å²) in [5, 5.41) is 11.3. The highest BCUT2D eigenvalue weighted by Crippen LogP contribution is 2.44. The second kappa shape index (κ2) is 9.16. The van der Waals surface area contributed by atoms with E-state index in [9.17, 15) is 14.7 Å². The molecule has 33 heavy (non-hydrogen) atoms. The number of hydrogen-bond donors (Lipinski definition) is 1. The third kappa shape index (κ3) is 4.17. The number of methoxy groups -OCH3 is 1. The fourth-order valence-electron chi connectivity index (χ4n) is 3.91. The molecule has 7 heteroatoms. The molecule has 4 rings (SSSR count). The number of hydrogen-bond acceptors (Lipinski definition) is 6. The number of aromatic nitrogens is 1. The molecule has 1 aromatic heterocycles. The Morgan fingerprint density at radius 3 is 2.55 bits per heavy atom. The third-order valence-corrected chi connectivity index (χ3v) is 5.27. The van der Waals surface area contributed by atoms with Crippen molar-refractivity contribution in [3.05, 3.63) is 89.8 Å². The fraction of sp³-hybridized carbons (Fsp3) is 0.192. The minimum absolute atomic E-state index is 0.0272. The van der Waals surface area contributed by atoms with Crippen molar-refractivity contribution >= 4 is 23.1 Å². The van der Waals surface area contributed by atoms with E-state index in [-0.39, 0.29) is 17.4 Å². The van der Waals surface area contributed by atoms with E-state index in [2.05, 4.69) is 4.98 Å². The number of ketones is 1. The maximum atomic E-state index is 13.2. The largest absolute Gasteiger partial charge is 0.507 e. The van der Waals surface area contributed by atoms with Crippen molar-refractivity contribution in [1.82, 2.24) is 4.98 Å². The summed E-state index contributed by atoms with van der Waals surface area (Å²) in [5.41, 5.74) is 1.35. The van der Waals surface area contributed by atoms with Gasteiger partial charge < -0.3 is 14.6 Å². The number of benzene rings is 2. The summed E-state index contributed by atoms with van der Waals surface area (Å²) in [6.45, 7) is 3.79. The summed E-state index contributed by atoms with van der Waals surface area (Å²) >= 11 is 0. The molecule has 3 aromatic rings. The van der Waals surface area contributed by atoms with Crippen LogP contribution in [0.1, 0.15) is 31.0 Å². The zero-order valence-electron chi connectivity index (χ0n) is 18.6. The molecule has 0 radical (unpaired) electrons. The first kappa shape index (κ1) is 22.1. The number of nitrogens with zero attached hydrogens (tertiary/aromatic N) is 2. The molecular formula is C26H24N2O5. The number of anilines is 1. The van der Waals surface area contributed by atoms with E-state index in [0.717, 1.165) is 0 Å². The van der Waals surface area contributed by atoms with Crippen LogP contribution in [0.5, 0.6) is 11.5 Å². The van der Waals surface area contributed by atoms with Crippen molar-refractivity contribution in [3.8, 4) is 11.5 Å². The second-order valence-electron chi connectivity index (χ2n) is 7.82. The van der Waals surface area contributed by atoms with Gasteiger partial charge >= 0.3 is 0 Å². The fourth-order valence-corrected chi connectivity index (χ4v) is 3.91. The average Bonchev–Trinajstić information content (AvgIpc) is 3.09. The van der Waals surface area contributed by atoms with Crippen LogP contribution in [-0.2, 0) is 9.59 Å². The van der Waals surface area contributed by atoms with Gasteiger partial charge in [-0.3, -0.25) is 19.5 Å². The van der Waals surface area contributed by atoms with Gasteiger partial charge in [-0.1, -0.05) is 30.3 Å². The van der Waals surface area contributed by atoms with Gasteiger partial charge in [0.1, 0.15) is 17.3 Å². The molecule has 0 aliphatic carbocycles. The summed E-state index contributed by atoms with van der Waals surface area (Å²) < 4.78 is 11.2. The highest BCUT2D eigenvalue weighted by atomic mass is 16.5. The van der Waals surface area contributed by atoms with Gasteiger partial charge in [0.2, 0.25) is 0 Å². The number of amides is 1. The molecule has 0 spiro atoms. The van der Waals surface area contributed by atoms with Crippen LogP contribution in [0.25, 0.3) is 5.76 Å². The van der Waals surface area contributed by atoms with Crippen molar-refractivity contribution in [3.63, 3.8) is 0 Å². The van der Waals surface area contributed by atoms with Gasteiger partial charge in [0.15, 0.2) is 0 Å². The van der Waals surface area contributed by atoms with Gasteiger partial charge in [0.25, 0.3) is 11.7 Å². The minimum atomic E-state index is -0.885. The number of aliphatic hydroxyl groups excluding tert-OH is 1. The van der Waals surface area contributed by atoms with Gasteiger partial charge in [0.05, 0.1) is 30.5 Å². The lowest BCUT2D eigenvalue weighted by atomic mass is 9.96. The Morgan fingerprint density at radius 2 is 1.85 bits per heavy atom. The Hall–Kier alpha value is -4.13. The van der Waals surface area contributed by atoms with Crippen LogP contribution in [0.4, 0.5) is 5.69 Å². The normalized spacial score (nSPS) is 17.5. The van der Waals surface area contributed by atoms with E-state index < -0.39 is 17.7 Å². The maximum absolute atomic E-state index is 13.2. The number of rotatable bonds is 6. The topological polar surface area (TPSA) is 89.0 Å². The van der Waals surface area contributed by atoms with E-state index in [1.165, 1.54) is 12.0 Å². The van der Waals surface area contributed by atoms with Crippen molar-refractivity contribution in [2.45, 2.75) is 26.0 Å². The molecular weight excluding hydrogens is 420 g/mol. The van der Waals surface area contributed by atoms with E-state index in [1.807, 2.05) is 13.8 Å². The molecule has 2 aromatic carbocycles. The third-order valence-electron chi connectivity index (χ3n) is 5.27. The molecule has 0 bridgehead atoms. The number of pyridine rings is 1. The highest BCUT2D eigenvalue weighted by Gasteiger charge is 2.47. The van der Waals surface area contributed by atoms with Crippen LogP contribution in [0.2, 0.25) is 0 Å². The zero-order chi connectivity index (χ0) is 23.5. The predicted octanol–water partition coefficient (Wildman–Crippen LogP) is 4.50. The summed E-state index contributed by atoms with van der Waals surface area (Å²) in [6, 6.07) is 16.3. The first-order chi connectivity index (χ1) is 15.9. The Morgan fingerprint density at radius 1 is 1.06 bits per heavy atom. The molecule has 1 unspecified atom stereocenters. The monoisotopic (exact) mass is 444 g/mol. The molecule has 2 heterocycles. The van der Waals surface area contributed by atoms with Crippen LogP contribution in [0.3, 0.4) is 0 Å². The molecule has 1 atom stereocenters.